The Hall–Kier alpha value is -3.47. The molecule has 2 aromatic rings. The molecule has 0 bridgehead atoms. The Morgan fingerprint density at radius 2 is 1.79 bits per heavy atom. The summed E-state index contributed by atoms with van der Waals surface area (Å²) < 4.78 is 36.4. The van der Waals surface area contributed by atoms with Crippen molar-refractivity contribution in [2.45, 2.75) is 11.8 Å². The number of nitrogens with zero attached hydrogens (tertiary/aromatic N) is 2. The van der Waals surface area contributed by atoms with Crippen molar-refractivity contribution in [2.24, 2.45) is 0 Å². The topological polar surface area (TPSA) is 133 Å². The van der Waals surface area contributed by atoms with Gasteiger partial charge in [0.05, 0.1) is 34.8 Å². The van der Waals surface area contributed by atoms with E-state index in [1.165, 1.54) is 43.5 Å². The predicted octanol–water partition coefficient (Wildman–Crippen LogP) is 2.14. The number of ether oxygens (including phenoxy) is 2. The molecule has 0 fully saturated rings. The van der Waals surface area contributed by atoms with Gasteiger partial charge in [-0.3, -0.25) is 19.2 Å². The lowest BCUT2D eigenvalue weighted by Crippen LogP contribution is -2.36. The average molecular weight is 422 g/mol. The Morgan fingerprint density at radius 1 is 1.14 bits per heavy atom. The van der Waals surface area contributed by atoms with E-state index in [1.807, 2.05) is 0 Å². The number of carbonyl (C=O) groups is 2. The second-order valence-corrected chi connectivity index (χ2v) is 7.47. The zero-order chi connectivity index (χ0) is 21.6. The van der Waals surface area contributed by atoms with E-state index in [0.717, 1.165) is 16.4 Å². The lowest BCUT2D eigenvalue weighted by atomic mass is 10.2. The molecule has 0 heterocycles. The number of methoxy groups -OCH3 is 1. The van der Waals surface area contributed by atoms with Crippen LogP contribution in [0.3, 0.4) is 0 Å². The molecule has 0 radical (unpaired) electrons. The summed E-state index contributed by atoms with van der Waals surface area (Å²) in [6.45, 7) is 0.962. The van der Waals surface area contributed by atoms with Gasteiger partial charge in [-0.15, -0.1) is 0 Å². The highest BCUT2D eigenvalue weighted by Gasteiger charge is 2.29. The van der Waals surface area contributed by atoms with E-state index in [-0.39, 0.29) is 22.8 Å². The van der Waals surface area contributed by atoms with Gasteiger partial charge in [-0.2, -0.15) is 0 Å². The molecule has 2 aromatic carbocycles. The Morgan fingerprint density at radius 3 is 2.34 bits per heavy atom. The van der Waals surface area contributed by atoms with Gasteiger partial charge in [0, 0.05) is 12.1 Å². The number of benzene rings is 2. The number of esters is 2. The molecule has 0 amide bonds. The maximum atomic E-state index is 13.1. The van der Waals surface area contributed by atoms with Crippen LogP contribution in [0.25, 0.3) is 0 Å². The van der Waals surface area contributed by atoms with Crippen molar-refractivity contribution in [3.05, 3.63) is 64.2 Å². The van der Waals surface area contributed by atoms with Crippen molar-refractivity contribution in [1.29, 1.82) is 0 Å². The van der Waals surface area contributed by atoms with Crippen LogP contribution in [-0.4, -0.2) is 45.5 Å². The maximum absolute atomic E-state index is 13.1. The maximum Gasteiger partial charge on any atom is 0.337 e. The van der Waals surface area contributed by atoms with Gasteiger partial charge in [-0.05, 0) is 37.3 Å². The van der Waals surface area contributed by atoms with Crippen LogP contribution in [-0.2, 0) is 24.3 Å². The number of sulfonamides is 1. The molecule has 11 heteroatoms. The summed E-state index contributed by atoms with van der Waals surface area (Å²) in [5, 5.41) is 11.0. The van der Waals surface area contributed by atoms with Gasteiger partial charge < -0.3 is 9.47 Å². The summed E-state index contributed by atoms with van der Waals surface area (Å²) in [7, 11) is -3.15. The summed E-state index contributed by atoms with van der Waals surface area (Å²) in [6.07, 6.45) is 0. The van der Waals surface area contributed by atoms with Crippen LogP contribution < -0.4 is 4.31 Å². The van der Waals surface area contributed by atoms with E-state index < -0.39 is 39.1 Å². The number of non-ortho nitro benzene ring substituents is 1. The third-order valence-electron chi connectivity index (χ3n) is 3.77. The highest BCUT2D eigenvalue weighted by atomic mass is 32.2. The fourth-order valence-corrected chi connectivity index (χ4v) is 3.85. The number of nitro benzene ring substituents is 1. The average Bonchev–Trinajstić information content (AvgIpc) is 2.71. The third-order valence-corrected chi connectivity index (χ3v) is 5.54. The number of hydrogen-bond acceptors (Lipinski definition) is 8. The van der Waals surface area contributed by atoms with Gasteiger partial charge in [0.2, 0.25) is 0 Å². The molecule has 154 valence electrons. The van der Waals surface area contributed by atoms with Crippen molar-refractivity contribution >= 4 is 33.3 Å². The zero-order valence-electron chi connectivity index (χ0n) is 15.6. The SMILES string of the molecule is CCOC(=O)CN(c1ccc(C(=O)OC)cc1)S(=O)(=O)c1cccc([N+](=O)[O-])c1. The van der Waals surface area contributed by atoms with Crippen molar-refractivity contribution in [1.82, 2.24) is 0 Å². The van der Waals surface area contributed by atoms with Gasteiger partial charge in [0.15, 0.2) is 0 Å². The minimum Gasteiger partial charge on any atom is -0.465 e. The molecule has 0 atom stereocenters. The molecule has 0 N–H and O–H groups in total. The molecule has 0 saturated carbocycles. The zero-order valence-corrected chi connectivity index (χ0v) is 16.4. The minimum atomic E-state index is -4.35. The Labute approximate surface area is 166 Å². The molecule has 0 aliphatic carbocycles. The summed E-state index contributed by atoms with van der Waals surface area (Å²) in [5.74, 6) is -1.42. The van der Waals surface area contributed by atoms with Crippen molar-refractivity contribution in [3.8, 4) is 0 Å². The second kappa shape index (κ2) is 9.15. The van der Waals surface area contributed by atoms with E-state index in [2.05, 4.69) is 4.74 Å². The Kier molecular flexibility index (Phi) is 6.89. The van der Waals surface area contributed by atoms with Crippen LogP contribution in [0.5, 0.6) is 0 Å². The number of rotatable bonds is 8. The Bertz CT molecular complexity index is 1020. The van der Waals surface area contributed by atoms with Crippen LogP contribution in [0.1, 0.15) is 17.3 Å². The summed E-state index contributed by atoms with van der Waals surface area (Å²) >= 11 is 0. The fraction of sp³-hybridized carbons (Fsp3) is 0.222. The number of hydrogen-bond donors (Lipinski definition) is 0. The minimum absolute atomic E-state index is 0.0464. The van der Waals surface area contributed by atoms with Crippen molar-refractivity contribution in [2.75, 3.05) is 24.6 Å². The lowest BCUT2D eigenvalue weighted by Gasteiger charge is -2.23. The van der Waals surface area contributed by atoms with Crippen molar-refractivity contribution < 1.29 is 32.4 Å². The highest BCUT2D eigenvalue weighted by Crippen LogP contribution is 2.26. The quantitative estimate of drug-likeness (QED) is 0.359. The standard InChI is InChI=1S/C18H18N2O8S/c1-3-28-17(21)12-19(14-9-7-13(8-10-14)18(22)27-2)29(25,26)16-6-4-5-15(11-16)20(23)24/h4-11H,3,12H2,1-2H3. The molecule has 0 aliphatic heterocycles. The monoisotopic (exact) mass is 422 g/mol. The molecule has 10 nitrogen and oxygen atoms in total. The van der Waals surface area contributed by atoms with E-state index in [1.54, 1.807) is 6.92 Å². The largest absolute Gasteiger partial charge is 0.465 e. The number of anilines is 1. The van der Waals surface area contributed by atoms with Crippen LogP contribution in [0.15, 0.2) is 53.4 Å². The Balaban J connectivity index is 2.52. The van der Waals surface area contributed by atoms with Gasteiger partial charge >= 0.3 is 11.9 Å². The summed E-state index contributed by atoms with van der Waals surface area (Å²) in [6, 6.07) is 9.78. The molecule has 0 aliphatic rings. The van der Waals surface area contributed by atoms with Gasteiger partial charge in [-0.25, -0.2) is 13.2 Å². The van der Waals surface area contributed by atoms with E-state index in [0.29, 0.717) is 0 Å². The smallest absolute Gasteiger partial charge is 0.337 e. The molecule has 0 unspecified atom stereocenters. The van der Waals surface area contributed by atoms with E-state index in [9.17, 15) is 28.1 Å². The summed E-state index contributed by atoms with van der Waals surface area (Å²) in [5.41, 5.74) is -0.166. The molecule has 0 saturated heterocycles. The first-order valence-corrected chi connectivity index (χ1v) is 9.76. The molecule has 0 aromatic heterocycles. The van der Waals surface area contributed by atoms with E-state index in [4.69, 9.17) is 4.74 Å². The first kappa shape index (κ1) is 21.8. The van der Waals surface area contributed by atoms with Crippen LogP contribution in [0.2, 0.25) is 0 Å². The van der Waals surface area contributed by atoms with Gasteiger partial charge in [0.1, 0.15) is 6.54 Å². The van der Waals surface area contributed by atoms with Crippen LogP contribution in [0.4, 0.5) is 11.4 Å². The normalized spacial score (nSPS) is 10.8. The summed E-state index contributed by atoms with van der Waals surface area (Å²) in [4.78, 5) is 33.5. The predicted molar refractivity (Wildman–Crippen MR) is 102 cm³/mol. The number of carbonyl (C=O) groups excluding carboxylic acids is 2. The van der Waals surface area contributed by atoms with Crippen LogP contribution >= 0.6 is 0 Å². The lowest BCUT2D eigenvalue weighted by molar-refractivity contribution is -0.385. The van der Waals surface area contributed by atoms with Gasteiger partial charge in [-0.1, -0.05) is 6.07 Å². The fourth-order valence-electron chi connectivity index (χ4n) is 2.41. The second-order valence-electron chi connectivity index (χ2n) is 5.61. The van der Waals surface area contributed by atoms with E-state index >= 15 is 0 Å². The molecule has 0 spiro atoms. The third kappa shape index (κ3) is 5.08. The van der Waals surface area contributed by atoms with Crippen LogP contribution in [0, 0.1) is 10.1 Å². The number of nitro groups is 1. The molecular weight excluding hydrogens is 404 g/mol. The molecule has 2 rings (SSSR count). The first-order valence-electron chi connectivity index (χ1n) is 8.32. The van der Waals surface area contributed by atoms with Crippen molar-refractivity contribution in [3.63, 3.8) is 0 Å². The first-order chi connectivity index (χ1) is 13.7. The molecule has 29 heavy (non-hydrogen) atoms. The highest BCUT2D eigenvalue weighted by molar-refractivity contribution is 7.92. The molecular formula is C18H18N2O8S. The van der Waals surface area contributed by atoms with Gasteiger partial charge in [0.25, 0.3) is 15.7 Å².